The normalized spacial score (nSPS) is 14.2. The fraction of sp³-hybridized carbons (Fsp3) is 0.561. The van der Waals surface area contributed by atoms with Gasteiger partial charge in [-0.3, -0.25) is 4.79 Å². The Morgan fingerprint density at radius 1 is 0.410 bits per heavy atom. The standard InChI is InChI=1S/C57H91NO3/c1-3-5-7-9-11-13-15-17-19-20-21-22-23-24-25-26-27-28-29-30-31-32-33-34-35-36-37-38-39-41-43-45-47-49-51-53-57(61)58-55(54-59)56(60)52-50-48-46-44-42-40-18-16-14-12-10-8-6-4-2/h5,7,11,13,17,19,21-22,24-25,27-28,30-31,33-34,36-37,39,41-42,44,50,52,55-56,59-60H,3-4,6,8-10,12,14-16,18,20,23,26,29,32,35,38,40,43,45-49,51,53-54H2,1-2H3,(H,58,61)/b7-5-,13-11-,19-17-,22-21-,25-24-,28-27-,31-30-,34-33-,37-36-,41-39-,44-42+,52-50+. The topological polar surface area (TPSA) is 69.6 Å². The van der Waals surface area contributed by atoms with Crippen LogP contribution in [0.25, 0.3) is 0 Å². The smallest absolute Gasteiger partial charge is 0.220 e. The second-order valence-electron chi connectivity index (χ2n) is 15.8. The quantitative estimate of drug-likeness (QED) is 0.0424. The Morgan fingerprint density at radius 3 is 1.15 bits per heavy atom. The van der Waals surface area contributed by atoms with Crippen LogP contribution in [0.1, 0.15) is 187 Å². The zero-order valence-electron chi connectivity index (χ0n) is 39.1. The first-order valence-corrected chi connectivity index (χ1v) is 24.5. The van der Waals surface area contributed by atoms with E-state index in [4.69, 9.17) is 0 Å². The van der Waals surface area contributed by atoms with Gasteiger partial charge in [0.2, 0.25) is 5.91 Å². The van der Waals surface area contributed by atoms with Gasteiger partial charge in [-0.2, -0.15) is 0 Å². The molecule has 0 aromatic heterocycles. The highest BCUT2D eigenvalue weighted by atomic mass is 16.3. The summed E-state index contributed by atoms with van der Waals surface area (Å²) in [6.07, 6.45) is 81.1. The molecule has 0 aliphatic rings. The Labute approximate surface area is 376 Å². The number of aliphatic hydroxyl groups excluding tert-OH is 2. The van der Waals surface area contributed by atoms with Crippen LogP contribution in [0.4, 0.5) is 0 Å². The lowest BCUT2D eigenvalue weighted by molar-refractivity contribution is -0.123. The van der Waals surface area contributed by atoms with Crippen molar-refractivity contribution in [2.24, 2.45) is 0 Å². The molecule has 0 spiro atoms. The molecular formula is C57H91NO3. The molecule has 342 valence electrons. The molecular weight excluding hydrogens is 747 g/mol. The number of unbranched alkanes of at least 4 members (excludes halogenated alkanes) is 13. The van der Waals surface area contributed by atoms with Crippen molar-refractivity contribution in [1.82, 2.24) is 5.32 Å². The number of aliphatic hydroxyl groups is 2. The molecule has 61 heavy (non-hydrogen) atoms. The van der Waals surface area contributed by atoms with Crippen molar-refractivity contribution in [1.29, 1.82) is 0 Å². The predicted octanol–water partition coefficient (Wildman–Crippen LogP) is 16.1. The minimum absolute atomic E-state index is 0.106. The van der Waals surface area contributed by atoms with Crippen molar-refractivity contribution in [2.75, 3.05) is 6.61 Å². The van der Waals surface area contributed by atoms with Crippen LogP contribution in [0.15, 0.2) is 146 Å². The van der Waals surface area contributed by atoms with E-state index in [1.54, 1.807) is 6.08 Å². The van der Waals surface area contributed by atoms with Crippen LogP contribution in [0, 0.1) is 0 Å². The molecule has 3 N–H and O–H groups in total. The number of carbonyl (C=O) groups excluding carboxylic acids is 1. The fourth-order valence-corrected chi connectivity index (χ4v) is 6.34. The highest BCUT2D eigenvalue weighted by molar-refractivity contribution is 5.76. The van der Waals surface area contributed by atoms with Crippen LogP contribution in [0.5, 0.6) is 0 Å². The van der Waals surface area contributed by atoms with Crippen LogP contribution in [-0.4, -0.2) is 34.9 Å². The maximum Gasteiger partial charge on any atom is 0.220 e. The van der Waals surface area contributed by atoms with E-state index in [2.05, 4.69) is 153 Å². The summed E-state index contributed by atoms with van der Waals surface area (Å²) in [5.74, 6) is -0.106. The van der Waals surface area contributed by atoms with Crippen molar-refractivity contribution < 1.29 is 15.0 Å². The summed E-state index contributed by atoms with van der Waals surface area (Å²) < 4.78 is 0. The molecule has 0 aliphatic carbocycles. The molecule has 2 unspecified atom stereocenters. The number of nitrogens with one attached hydrogen (secondary N) is 1. The predicted molar refractivity (Wildman–Crippen MR) is 271 cm³/mol. The molecule has 0 saturated heterocycles. The van der Waals surface area contributed by atoms with Crippen molar-refractivity contribution in [2.45, 2.75) is 199 Å². The Bertz CT molecular complexity index is 1320. The summed E-state index contributed by atoms with van der Waals surface area (Å²) in [4.78, 5) is 12.4. The number of rotatable bonds is 42. The summed E-state index contributed by atoms with van der Waals surface area (Å²) >= 11 is 0. The molecule has 0 heterocycles. The summed E-state index contributed by atoms with van der Waals surface area (Å²) in [5.41, 5.74) is 0. The van der Waals surface area contributed by atoms with Crippen molar-refractivity contribution in [3.05, 3.63) is 146 Å². The van der Waals surface area contributed by atoms with Crippen molar-refractivity contribution in [3.63, 3.8) is 0 Å². The van der Waals surface area contributed by atoms with Gasteiger partial charge < -0.3 is 15.5 Å². The van der Waals surface area contributed by atoms with Gasteiger partial charge in [-0.05, 0) is 109 Å². The van der Waals surface area contributed by atoms with Gasteiger partial charge in [0.05, 0.1) is 18.8 Å². The molecule has 1 amide bonds. The second kappa shape index (κ2) is 50.6. The van der Waals surface area contributed by atoms with E-state index in [-0.39, 0.29) is 12.5 Å². The Hall–Kier alpha value is -3.73. The Morgan fingerprint density at radius 2 is 0.738 bits per heavy atom. The van der Waals surface area contributed by atoms with Crippen LogP contribution >= 0.6 is 0 Å². The lowest BCUT2D eigenvalue weighted by atomic mass is 10.1. The van der Waals surface area contributed by atoms with E-state index in [0.29, 0.717) is 6.42 Å². The Kier molecular flexibility index (Phi) is 47.5. The highest BCUT2D eigenvalue weighted by Crippen LogP contribution is 2.11. The lowest BCUT2D eigenvalue weighted by Crippen LogP contribution is -2.45. The zero-order chi connectivity index (χ0) is 44.2. The van der Waals surface area contributed by atoms with E-state index in [1.165, 1.54) is 51.4 Å². The first-order chi connectivity index (χ1) is 30.2. The number of carbonyl (C=O) groups is 1. The van der Waals surface area contributed by atoms with Gasteiger partial charge in [0.25, 0.3) is 0 Å². The monoisotopic (exact) mass is 838 g/mol. The summed E-state index contributed by atoms with van der Waals surface area (Å²) in [6.45, 7) is 4.14. The number of hydrogen-bond donors (Lipinski definition) is 3. The van der Waals surface area contributed by atoms with E-state index < -0.39 is 12.1 Å². The lowest BCUT2D eigenvalue weighted by Gasteiger charge is -2.19. The third kappa shape index (κ3) is 47.2. The molecule has 0 aromatic rings. The van der Waals surface area contributed by atoms with Crippen molar-refractivity contribution in [3.8, 4) is 0 Å². The van der Waals surface area contributed by atoms with Gasteiger partial charge in [-0.15, -0.1) is 0 Å². The maximum absolute atomic E-state index is 12.4. The van der Waals surface area contributed by atoms with Crippen molar-refractivity contribution >= 4 is 5.91 Å². The zero-order valence-corrected chi connectivity index (χ0v) is 39.1. The Balaban J connectivity index is 3.75. The fourth-order valence-electron chi connectivity index (χ4n) is 6.34. The van der Waals surface area contributed by atoms with Crippen LogP contribution in [0.3, 0.4) is 0 Å². The van der Waals surface area contributed by atoms with Gasteiger partial charge >= 0.3 is 0 Å². The molecule has 2 atom stereocenters. The first kappa shape index (κ1) is 57.3. The molecule has 4 nitrogen and oxygen atoms in total. The molecule has 0 aromatic carbocycles. The van der Waals surface area contributed by atoms with E-state index in [0.717, 1.165) is 116 Å². The molecule has 0 saturated carbocycles. The number of amides is 1. The molecule has 0 radical (unpaired) electrons. The summed E-state index contributed by atoms with van der Waals surface area (Å²) in [7, 11) is 0. The highest BCUT2D eigenvalue weighted by Gasteiger charge is 2.17. The second-order valence-corrected chi connectivity index (χ2v) is 15.8. The maximum atomic E-state index is 12.4. The average molecular weight is 838 g/mol. The third-order valence-corrected chi connectivity index (χ3v) is 10.1. The number of allylic oxidation sites excluding steroid dienone is 23. The van der Waals surface area contributed by atoms with Gasteiger partial charge in [0.15, 0.2) is 0 Å². The molecule has 0 fully saturated rings. The van der Waals surface area contributed by atoms with Gasteiger partial charge in [0, 0.05) is 6.42 Å². The van der Waals surface area contributed by atoms with Gasteiger partial charge in [0.1, 0.15) is 0 Å². The van der Waals surface area contributed by atoms with Gasteiger partial charge in [-0.1, -0.05) is 217 Å². The molecule has 4 heteroatoms. The van der Waals surface area contributed by atoms with E-state index >= 15 is 0 Å². The van der Waals surface area contributed by atoms with Crippen LogP contribution < -0.4 is 5.32 Å². The summed E-state index contributed by atoms with van der Waals surface area (Å²) in [6, 6.07) is -0.663. The van der Waals surface area contributed by atoms with Crippen LogP contribution in [-0.2, 0) is 4.79 Å². The van der Waals surface area contributed by atoms with E-state index in [1.807, 2.05) is 6.08 Å². The SMILES string of the molecule is CC/C=C\C/C=C\C/C=C\C/C=C\C/C=C\C/C=C\C/C=C\C/C=C\C/C=C\C/C=C\CCCCCCC(=O)NC(CO)C(O)/C=C/CC/C=C/CCCCCCCCCC. The van der Waals surface area contributed by atoms with Crippen LogP contribution in [0.2, 0.25) is 0 Å². The number of hydrogen-bond acceptors (Lipinski definition) is 3. The van der Waals surface area contributed by atoms with Gasteiger partial charge in [-0.25, -0.2) is 0 Å². The minimum Gasteiger partial charge on any atom is -0.394 e. The third-order valence-electron chi connectivity index (χ3n) is 10.1. The first-order valence-electron chi connectivity index (χ1n) is 24.5. The molecule has 0 bridgehead atoms. The summed E-state index contributed by atoms with van der Waals surface area (Å²) in [5, 5.41) is 23.0. The largest absolute Gasteiger partial charge is 0.394 e. The molecule has 0 rings (SSSR count). The molecule has 0 aliphatic heterocycles. The van der Waals surface area contributed by atoms with E-state index in [9.17, 15) is 15.0 Å². The average Bonchev–Trinajstić information content (AvgIpc) is 3.26. The minimum atomic E-state index is -0.883.